The van der Waals surface area contributed by atoms with Crippen LogP contribution in [0, 0.1) is 5.92 Å². The number of hydrogen-bond acceptors (Lipinski definition) is 2. The van der Waals surface area contributed by atoms with E-state index in [2.05, 4.69) is 17.4 Å². The lowest BCUT2D eigenvalue weighted by Gasteiger charge is -2.46. The first-order chi connectivity index (χ1) is 9.71. The molecule has 1 aromatic carbocycles. The van der Waals surface area contributed by atoms with E-state index >= 15 is 0 Å². The zero-order valence-corrected chi connectivity index (χ0v) is 12.3. The average molecular weight is 276 g/mol. The van der Waals surface area contributed by atoms with Crippen molar-refractivity contribution >= 4 is 0 Å². The zero-order valence-electron chi connectivity index (χ0n) is 12.3. The lowest BCUT2D eigenvalue weighted by Crippen LogP contribution is -2.96. The summed E-state index contributed by atoms with van der Waals surface area (Å²) >= 11 is 0. The minimum Gasteiger partial charge on any atom is -0.497 e. The maximum absolute atomic E-state index is 10.9. The minimum absolute atomic E-state index is 0.385. The van der Waals surface area contributed by atoms with Gasteiger partial charge in [-0.3, -0.25) is 0 Å². The molecule has 1 aliphatic carbocycles. The van der Waals surface area contributed by atoms with E-state index in [4.69, 9.17) is 4.74 Å². The smallest absolute Gasteiger partial charge is 0.118 e. The molecule has 0 unspecified atom stereocenters. The third kappa shape index (κ3) is 2.70. The number of aliphatic hydroxyl groups is 1. The summed E-state index contributed by atoms with van der Waals surface area (Å²) in [5.74, 6) is 1.38. The van der Waals surface area contributed by atoms with E-state index in [1.165, 1.54) is 24.8 Å². The van der Waals surface area contributed by atoms with Crippen LogP contribution in [0.5, 0.6) is 5.75 Å². The lowest BCUT2D eigenvalue weighted by atomic mass is 9.67. The first-order valence-electron chi connectivity index (χ1n) is 7.90. The van der Waals surface area contributed by atoms with Crippen molar-refractivity contribution in [3.05, 3.63) is 29.8 Å². The molecular formula is C17H26NO2+. The van der Waals surface area contributed by atoms with Crippen LogP contribution >= 0.6 is 0 Å². The standard InChI is InChI=1S/C17H25NO2/c1-20-14-7-5-13(6-8-14)12-16-15-4-2-3-9-17(15,19)10-11-18-16/h5-8,15-16,18-19H,2-4,9-12H2,1H3/p+1/t15-,16-,17-/m0/s1. The van der Waals surface area contributed by atoms with Gasteiger partial charge in [0.05, 0.1) is 25.3 Å². The SMILES string of the molecule is COc1ccc(C[C@@H]2[NH2+]CC[C@@]3(O)CCCC[C@@H]23)cc1. The predicted molar refractivity (Wildman–Crippen MR) is 78.8 cm³/mol. The first-order valence-corrected chi connectivity index (χ1v) is 7.90. The van der Waals surface area contributed by atoms with E-state index < -0.39 is 0 Å². The van der Waals surface area contributed by atoms with Crippen molar-refractivity contribution in [1.82, 2.24) is 0 Å². The summed E-state index contributed by atoms with van der Waals surface area (Å²) < 4.78 is 5.21. The van der Waals surface area contributed by atoms with Gasteiger partial charge in [0.2, 0.25) is 0 Å². The van der Waals surface area contributed by atoms with Crippen LogP contribution in [0.2, 0.25) is 0 Å². The van der Waals surface area contributed by atoms with Crippen LogP contribution in [0.4, 0.5) is 0 Å². The van der Waals surface area contributed by atoms with Gasteiger partial charge in [0.15, 0.2) is 0 Å². The lowest BCUT2D eigenvalue weighted by molar-refractivity contribution is -0.712. The number of hydrogen-bond donors (Lipinski definition) is 2. The number of ether oxygens (including phenoxy) is 1. The van der Waals surface area contributed by atoms with E-state index in [9.17, 15) is 5.11 Å². The number of benzene rings is 1. The van der Waals surface area contributed by atoms with Gasteiger partial charge in [-0.2, -0.15) is 0 Å². The molecule has 1 saturated heterocycles. The Bertz CT molecular complexity index is 441. The molecule has 2 aliphatic rings. The Hall–Kier alpha value is -1.06. The van der Waals surface area contributed by atoms with Gasteiger partial charge in [0.1, 0.15) is 5.75 Å². The summed E-state index contributed by atoms with van der Waals surface area (Å²) in [5.41, 5.74) is 0.964. The molecule has 0 amide bonds. The first kappa shape index (κ1) is 13.9. The topological polar surface area (TPSA) is 46.1 Å². The molecule has 3 heteroatoms. The van der Waals surface area contributed by atoms with Crippen LogP contribution in [0.15, 0.2) is 24.3 Å². The third-order valence-corrected chi connectivity index (χ3v) is 5.26. The molecule has 20 heavy (non-hydrogen) atoms. The molecule has 3 nitrogen and oxygen atoms in total. The fourth-order valence-electron chi connectivity index (χ4n) is 4.14. The van der Waals surface area contributed by atoms with Gasteiger partial charge >= 0.3 is 0 Å². The predicted octanol–water partition coefficient (Wildman–Crippen LogP) is 1.49. The Labute approximate surface area is 121 Å². The normalized spacial score (nSPS) is 33.5. The van der Waals surface area contributed by atoms with Crippen LogP contribution in [0.25, 0.3) is 0 Å². The number of nitrogens with two attached hydrogens (primary N) is 1. The molecule has 2 fully saturated rings. The van der Waals surface area contributed by atoms with E-state index in [1.54, 1.807) is 7.11 Å². The van der Waals surface area contributed by atoms with Crippen molar-refractivity contribution in [3.63, 3.8) is 0 Å². The summed E-state index contributed by atoms with van der Waals surface area (Å²) in [7, 11) is 1.70. The second-order valence-corrected chi connectivity index (χ2v) is 6.45. The summed E-state index contributed by atoms with van der Waals surface area (Å²) in [6.45, 7) is 1.06. The van der Waals surface area contributed by atoms with Crippen molar-refractivity contribution < 1.29 is 15.2 Å². The number of fused-ring (bicyclic) bond motifs is 1. The largest absolute Gasteiger partial charge is 0.497 e. The highest BCUT2D eigenvalue weighted by molar-refractivity contribution is 5.27. The molecule has 3 atom stereocenters. The van der Waals surface area contributed by atoms with E-state index in [1.807, 2.05) is 12.1 Å². The Morgan fingerprint density at radius 2 is 2.05 bits per heavy atom. The Balaban J connectivity index is 1.71. The van der Waals surface area contributed by atoms with Gasteiger partial charge < -0.3 is 15.2 Å². The van der Waals surface area contributed by atoms with Gasteiger partial charge in [0.25, 0.3) is 0 Å². The number of piperidine rings is 1. The minimum atomic E-state index is -0.385. The van der Waals surface area contributed by atoms with Crippen molar-refractivity contribution in [2.45, 2.75) is 50.2 Å². The molecule has 1 saturated carbocycles. The Kier molecular flexibility index (Phi) is 3.99. The van der Waals surface area contributed by atoms with Crippen molar-refractivity contribution in [2.24, 2.45) is 5.92 Å². The second-order valence-electron chi connectivity index (χ2n) is 6.45. The average Bonchev–Trinajstić information content (AvgIpc) is 2.48. The molecule has 3 N–H and O–H groups in total. The molecule has 0 radical (unpaired) electrons. The zero-order chi connectivity index (χ0) is 14.0. The summed E-state index contributed by atoms with van der Waals surface area (Å²) in [4.78, 5) is 0. The van der Waals surface area contributed by atoms with Crippen LogP contribution in [-0.4, -0.2) is 30.4 Å². The molecule has 0 bridgehead atoms. The monoisotopic (exact) mass is 276 g/mol. The number of rotatable bonds is 3. The van der Waals surface area contributed by atoms with E-state index in [0.717, 1.165) is 31.6 Å². The van der Waals surface area contributed by atoms with Gasteiger partial charge in [-0.15, -0.1) is 0 Å². The Morgan fingerprint density at radius 3 is 2.80 bits per heavy atom. The molecular weight excluding hydrogens is 250 g/mol. The molecule has 110 valence electrons. The number of quaternary nitrogens is 1. The van der Waals surface area contributed by atoms with Gasteiger partial charge in [0, 0.05) is 18.8 Å². The third-order valence-electron chi connectivity index (χ3n) is 5.26. The highest BCUT2D eigenvalue weighted by Gasteiger charge is 2.47. The second kappa shape index (κ2) is 5.74. The van der Waals surface area contributed by atoms with Crippen LogP contribution in [0.1, 0.15) is 37.7 Å². The van der Waals surface area contributed by atoms with Crippen molar-refractivity contribution in [2.75, 3.05) is 13.7 Å². The van der Waals surface area contributed by atoms with Crippen LogP contribution in [-0.2, 0) is 6.42 Å². The van der Waals surface area contributed by atoms with Crippen molar-refractivity contribution in [3.8, 4) is 5.75 Å². The Morgan fingerprint density at radius 1 is 1.25 bits per heavy atom. The molecule has 1 aliphatic heterocycles. The molecule has 1 heterocycles. The van der Waals surface area contributed by atoms with Gasteiger partial charge in [-0.05, 0) is 30.5 Å². The van der Waals surface area contributed by atoms with E-state index in [0.29, 0.717) is 12.0 Å². The summed E-state index contributed by atoms with van der Waals surface area (Å²) in [6, 6.07) is 8.91. The quantitative estimate of drug-likeness (QED) is 0.879. The molecule has 0 spiro atoms. The van der Waals surface area contributed by atoms with Crippen LogP contribution < -0.4 is 10.1 Å². The number of methoxy groups -OCH3 is 1. The summed E-state index contributed by atoms with van der Waals surface area (Å²) in [5, 5.41) is 13.3. The fourth-order valence-corrected chi connectivity index (χ4v) is 4.14. The van der Waals surface area contributed by atoms with Crippen LogP contribution in [0.3, 0.4) is 0 Å². The van der Waals surface area contributed by atoms with Crippen molar-refractivity contribution in [1.29, 1.82) is 0 Å². The maximum atomic E-state index is 10.9. The molecule has 1 aromatic rings. The highest BCUT2D eigenvalue weighted by Crippen LogP contribution is 2.39. The maximum Gasteiger partial charge on any atom is 0.118 e. The highest BCUT2D eigenvalue weighted by atomic mass is 16.5. The fraction of sp³-hybridized carbons (Fsp3) is 0.647. The summed E-state index contributed by atoms with van der Waals surface area (Å²) in [6.07, 6.45) is 6.69. The molecule has 0 aromatic heterocycles. The van der Waals surface area contributed by atoms with Gasteiger partial charge in [-0.25, -0.2) is 0 Å². The molecule has 3 rings (SSSR count). The van der Waals surface area contributed by atoms with Gasteiger partial charge in [-0.1, -0.05) is 25.0 Å². The van der Waals surface area contributed by atoms with E-state index in [-0.39, 0.29) is 5.60 Å².